The Labute approximate surface area is 104 Å². The van der Waals surface area contributed by atoms with E-state index < -0.39 is 0 Å². The molecule has 0 bridgehead atoms. The number of rotatable bonds is 3. The number of carbonyl (C=O) groups excluding carboxylic acids is 1. The van der Waals surface area contributed by atoms with Gasteiger partial charge < -0.3 is 10.2 Å². The fourth-order valence-corrected chi connectivity index (χ4v) is 2.88. The molecule has 0 aromatic carbocycles. The zero-order chi connectivity index (χ0) is 12.3. The van der Waals surface area contributed by atoms with Crippen molar-refractivity contribution in [2.24, 2.45) is 5.92 Å². The molecule has 0 aromatic heterocycles. The van der Waals surface area contributed by atoms with Gasteiger partial charge in [-0.05, 0) is 38.9 Å². The average molecular weight is 239 g/mol. The third-order valence-electron chi connectivity index (χ3n) is 4.23. The van der Waals surface area contributed by atoms with E-state index in [1.165, 1.54) is 0 Å². The summed E-state index contributed by atoms with van der Waals surface area (Å²) in [4.78, 5) is 16.7. The van der Waals surface area contributed by atoms with Crippen LogP contribution in [-0.2, 0) is 4.79 Å². The van der Waals surface area contributed by atoms with Crippen LogP contribution >= 0.6 is 0 Å². The van der Waals surface area contributed by atoms with E-state index in [1.807, 2.05) is 0 Å². The van der Waals surface area contributed by atoms with Gasteiger partial charge in [-0.3, -0.25) is 9.69 Å². The molecule has 2 saturated heterocycles. The molecule has 0 aliphatic carbocycles. The number of nitrogens with one attached hydrogen (secondary N) is 1. The van der Waals surface area contributed by atoms with Crippen LogP contribution in [0, 0.1) is 5.92 Å². The Hall–Kier alpha value is -0.610. The van der Waals surface area contributed by atoms with E-state index in [-0.39, 0.29) is 0 Å². The quantitative estimate of drug-likeness (QED) is 0.781. The van der Waals surface area contributed by atoms with Crippen LogP contribution in [0.15, 0.2) is 0 Å². The summed E-state index contributed by atoms with van der Waals surface area (Å²) in [5.41, 5.74) is 0. The van der Waals surface area contributed by atoms with Gasteiger partial charge in [0, 0.05) is 32.1 Å². The molecule has 2 aliphatic rings. The predicted molar refractivity (Wildman–Crippen MR) is 68.9 cm³/mol. The molecule has 2 fully saturated rings. The topological polar surface area (TPSA) is 35.6 Å². The Morgan fingerprint density at radius 1 is 1.41 bits per heavy atom. The van der Waals surface area contributed by atoms with Crippen LogP contribution in [0.3, 0.4) is 0 Å². The van der Waals surface area contributed by atoms with E-state index in [0.717, 1.165) is 52.0 Å². The number of hydrogen-bond acceptors (Lipinski definition) is 3. The maximum absolute atomic E-state index is 12.2. The molecule has 2 heterocycles. The van der Waals surface area contributed by atoms with Crippen LogP contribution in [0.1, 0.15) is 26.2 Å². The van der Waals surface area contributed by atoms with Crippen molar-refractivity contribution in [3.05, 3.63) is 0 Å². The SMILES string of the molecule is CCC1CN(C(=O)CC2CCNC2)CCN1C. The highest BCUT2D eigenvalue weighted by atomic mass is 16.2. The van der Waals surface area contributed by atoms with E-state index in [0.29, 0.717) is 17.9 Å². The molecule has 2 rings (SSSR count). The van der Waals surface area contributed by atoms with Gasteiger partial charge in [-0.15, -0.1) is 0 Å². The summed E-state index contributed by atoms with van der Waals surface area (Å²) in [7, 11) is 2.16. The van der Waals surface area contributed by atoms with Crippen molar-refractivity contribution in [3.63, 3.8) is 0 Å². The molecule has 0 spiro atoms. The number of likely N-dealkylation sites (N-methyl/N-ethyl adjacent to an activating group) is 1. The number of nitrogens with zero attached hydrogens (tertiary/aromatic N) is 2. The number of hydrogen-bond donors (Lipinski definition) is 1. The van der Waals surface area contributed by atoms with Crippen LogP contribution in [0.5, 0.6) is 0 Å². The summed E-state index contributed by atoms with van der Waals surface area (Å²) >= 11 is 0. The third-order valence-corrected chi connectivity index (χ3v) is 4.23. The first-order chi connectivity index (χ1) is 8.20. The summed E-state index contributed by atoms with van der Waals surface area (Å²) in [6.45, 7) is 7.16. The summed E-state index contributed by atoms with van der Waals surface area (Å²) in [5, 5.41) is 3.33. The van der Waals surface area contributed by atoms with Gasteiger partial charge in [0.25, 0.3) is 0 Å². The summed E-state index contributed by atoms with van der Waals surface area (Å²) in [6, 6.07) is 0.550. The minimum atomic E-state index is 0.366. The standard InChI is InChI=1S/C13H25N3O/c1-3-12-10-16(7-6-15(12)2)13(17)8-11-4-5-14-9-11/h11-12,14H,3-10H2,1-2H3. The van der Waals surface area contributed by atoms with E-state index in [4.69, 9.17) is 0 Å². The zero-order valence-electron chi connectivity index (χ0n) is 11.1. The van der Waals surface area contributed by atoms with Crippen molar-refractivity contribution in [1.82, 2.24) is 15.1 Å². The van der Waals surface area contributed by atoms with Crippen molar-refractivity contribution in [3.8, 4) is 0 Å². The Morgan fingerprint density at radius 3 is 2.88 bits per heavy atom. The molecule has 17 heavy (non-hydrogen) atoms. The normalized spacial score (nSPS) is 30.8. The monoisotopic (exact) mass is 239 g/mol. The van der Waals surface area contributed by atoms with E-state index in [1.54, 1.807) is 0 Å². The van der Waals surface area contributed by atoms with Gasteiger partial charge >= 0.3 is 0 Å². The van der Waals surface area contributed by atoms with Crippen molar-refractivity contribution < 1.29 is 4.79 Å². The fraction of sp³-hybridized carbons (Fsp3) is 0.923. The number of piperazine rings is 1. The van der Waals surface area contributed by atoms with Crippen molar-refractivity contribution in [1.29, 1.82) is 0 Å². The molecule has 1 N–H and O–H groups in total. The lowest BCUT2D eigenvalue weighted by atomic mass is 10.0. The lowest BCUT2D eigenvalue weighted by Gasteiger charge is -2.39. The Morgan fingerprint density at radius 2 is 2.24 bits per heavy atom. The van der Waals surface area contributed by atoms with Gasteiger partial charge in [0.05, 0.1) is 0 Å². The van der Waals surface area contributed by atoms with Crippen LogP contribution in [-0.4, -0.2) is 61.5 Å². The molecule has 0 saturated carbocycles. The third kappa shape index (κ3) is 3.19. The lowest BCUT2D eigenvalue weighted by Crippen LogP contribution is -2.53. The molecule has 1 amide bonds. The molecule has 2 unspecified atom stereocenters. The molecule has 0 aromatic rings. The largest absolute Gasteiger partial charge is 0.340 e. The second kappa shape index (κ2) is 5.83. The van der Waals surface area contributed by atoms with E-state index in [9.17, 15) is 4.79 Å². The second-order valence-corrected chi connectivity index (χ2v) is 5.45. The maximum atomic E-state index is 12.2. The van der Waals surface area contributed by atoms with E-state index in [2.05, 4.69) is 29.1 Å². The number of carbonyl (C=O) groups is 1. The van der Waals surface area contributed by atoms with Gasteiger partial charge in [-0.1, -0.05) is 6.92 Å². The second-order valence-electron chi connectivity index (χ2n) is 5.45. The summed E-state index contributed by atoms with van der Waals surface area (Å²) < 4.78 is 0. The Balaban J connectivity index is 1.82. The zero-order valence-corrected chi connectivity index (χ0v) is 11.1. The molecular weight excluding hydrogens is 214 g/mol. The van der Waals surface area contributed by atoms with Crippen molar-refractivity contribution in [2.45, 2.75) is 32.2 Å². The predicted octanol–water partition coefficient (Wildman–Crippen LogP) is 0.539. The van der Waals surface area contributed by atoms with Crippen LogP contribution < -0.4 is 5.32 Å². The van der Waals surface area contributed by atoms with Gasteiger partial charge in [0.1, 0.15) is 0 Å². The lowest BCUT2D eigenvalue weighted by molar-refractivity contribution is -0.134. The smallest absolute Gasteiger partial charge is 0.222 e. The molecule has 2 aliphatic heterocycles. The van der Waals surface area contributed by atoms with Crippen molar-refractivity contribution in [2.75, 3.05) is 39.8 Å². The summed E-state index contributed by atoms with van der Waals surface area (Å²) in [5.74, 6) is 0.937. The highest BCUT2D eigenvalue weighted by Crippen LogP contribution is 2.17. The molecule has 4 nitrogen and oxygen atoms in total. The van der Waals surface area contributed by atoms with Crippen LogP contribution in [0.25, 0.3) is 0 Å². The van der Waals surface area contributed by atoms with Gasteiger partial charge in [0.2, 0.25) is 5.91 Å². The van der Waals surface area contributed by atoms with Gasteiger partial charge in [0.15, 0.2) is 0 Å². The maximum Gasteiger partial charge on any atom is 0.222 e. The minimum Gasteiger partial charge on any atom is -0.340 e. The number of amides is 1. The Kier molecular flexibility index (Phi) is 4.40. The first kappa shape index (κ1) is 12.8. The highest BCUT2D eigenvalue weighted by Gasteiger charge is 2.28. The molecule has 2 atom stereocenters. The Bertz CT molecular complexity index is 263. The highest BCUT2D eigenvalue weighted by molar-refractivity contribution is 5.76. The summed E-state index contributed by atoms with van der Waals surface area (Å²) in [6.07, 6.45) is 3.04. The van der Waals surface area contributed by atoms with Crippen LogP contribution in [0.2, 0.25) is 0 Å². The first-order valence-corrected chi connectivity index (χ1v) is 6.89. The molecular formula is C13H25N3O. The van der Waals surface area contributed by atoms with E-state index >= 15 is 0 Å². The fourth-order valence-electron chi connectivity index (χ4n) is 2.88. The first-order valence-electron chi connectivity index (χ1n) is 6.89. The van der Waals surface area contributed by atoms with Crippen LogP contribution in [0.4, 0.5) is 0 Å². The van der Waals surface area contributed by atoms with Crippen molar-refractivity contribution >= 4 is 5.91 Å². The molecule has 0 radical (unpaired) electrons. The van der Waals surface area contributed by atoms with Gasteiger partial charge in [-0.25, -0.2) is 0 Å². The van der Waals surface area contributed by atoms with Gasteiger partial charge in [-0.2, -0.15) is 0 Å². The average Bonchev–Trinajstić information content (AvgIpc) is 2.82. The molecule has 98 valence electrons. The molecule has 4 heteroatoms. The minimum absolute atomic E-state index is 0.366.